The van der Waals surface area contributed by atoms with Gasteiger partial charge in [-0.2, -0.15) is 0 Å². The van der Waals surface area contributed by atoms with E-state index in [2.05, 4.69) is 19.2 Å². The minimum absolute atomic E-state index is 0.472. The molecule has 2 fully saturated rings. The van der Waals surface area contributed by atoms with Crippen molar-refractivity contribution in [3.8, 4) is 0 Å². The van der Waals surface area contributed by atoms with Gasteiger partial charge in [0.15, 0.2) is 0 Å². The van der Waals surface area contributed by atoms with Crippen LogP contribution in [0.15, 0.2) is 0 Å². The van der Waals surface area contributed by atoms with Crippen molar-refractivity contribution in [1.82, 2.24) is 5.32 Å². The maximum absolute atomic E-state index is 5.90. The van der Waals surface area contributed by atoms with E-state index in [-0.39, 0.29) is 0 Å². The van der Waals surface area contributed by atoms with Crippen molar-refractivity contribution in [3.05, 3.63) is 0 Å². The first-order valence-corrected chi connectivity index (χ1v) is 6.12. The molecule has 3 N–H and O–H groups in total. The molecule has 0 heterocycles. The van der Waals surface area contributed by atoms with Gasteiger partial charge in [0.1, 0.15) is 0 Å². The van der Waals surface area contributed by atoms with Gasteiger partial charge in [-0.05, 0) is 50.9 Å². The maximum atomic E-state index is 5.90. The summed E-state index contributed by atoms with van der Waals surface area (Å²) in [6.45, 7) is 4.75. The number of hydrogen-bond donors (Lipinski definition) is 2. The van der Waals surface area contributed by atoms with E-state index in [0.717, 1.165) is 6.04 Å². The molecule has 2 rings (SSSR count). The fraction of sp³-hybridized carbons (Fsp3) is 1.00. The Kier molecular flexibility index (Phi) is 2.85. The zero-order valence-corrected chi connectivity index (χ0v) is 9.55. The Morgan fingerprint density at radius 3 is 2.29 bits per heavy atom. The molecule has 2 heteroatoms. The van der Waals surface area contributed by atoms with Crippen LogP contribution in [0.2, 0.25) is 0 Å². The molecule has 0 aromatic carbocycles. The normalized spacial score (nSPS) is 37.9. The zero-order valence-electron chi connectivity index (χ0n) is 9.55. The van der Waals surface area contributed by atoms with Crippen molar-refractivity contribution in [2.45, 2.75) is 70.5 Å². The predicted molar refractivity (Wildman–Crippen MR) is 60.2 cm³/mol. The van der Waals surface area contributed by atoms with E-state index in [1.54, 1.807) is 0 Å². The van der Waals surface area contributed by atoms with E-state index in [1.165, 1.54) is 38.5 Å². The van der Waals surface area contributed by atoms with Crippen LogP contribution in [0.3, 0.4) is 0 Å². The second-order valence-corrected chi connectivity index (χ2v) is 5.65. The van der Waals surface area contributed by atoms with Crippen LogP contribution in [0.4, 0.5) is 0 Å². The van der Waals surface area contributed by atoms with Gasteiger partial charge in [-0.3, -0.25) is 0 Å². The molecule has 2 aliphatic rings. The lowest BCUT2D eigenvalue weighted by Gasteiger charge is -2.31. The molecular formula is C12H24N2. The fourth-order valence-corrected chi connectivity index (χ4v) is 2.47. The van der Waals surface area contributed by atoms with Gasteiger partial charge in [-0.25, -0.2) is 0 Å². The average Bonchev–Trinajstić information content (AvgIpc) is 2.89. The summed E-state index contributed by atoms with van der Waals surface area (Å²) < 4.78 is 0. The van der Waals surface area contributed by atoms with Gasteiger partial charge in [0.25, 0.3) is 0 Å². The summed E-state index contributed by atoms with van der Waals surface area (Å²) in [4.78, 5) is 0. The second-order valence-electron chi connectivity index (χ2n) is 5.65. The molecule has 2 nitrogen and oxygen atoms in total. The predicted octanol–water partition coefficient (Wildman–Crippen LogP) is 2.03. The van der Waals surface area contributed by atoms with Gasteiger partial charge < -0.3 is 11.1 Å². The Labute approximate surface area is 87.6 Å². The van der Waals surface area contributed by atoms with Gasteiger partial charge in [0.05, 0.1) is 0 Å². The van der Waals surface area contributed by atoms with Crippen LogP contribution in [0, 0.1) is 5.41 Å². The molecule has 0 saturated heterocycles. The molecule has 0 amide bonds. The summed E-state index contributed by atoms with van der Waals surface area (Å²) in [6, 6.07) is 1.91. The highest BCUT2D eigenvalue weighted by Crippen LogP contribution is 2.48. The van der Waals surface area contributed by atoms with Crippen LogP contribution in [0.25, 0.3) is 0 Å². The number of nitrogens with one attached hydrogen (secondary N) is 1. The Morgan fingerprint density at radius 2 is 1.79 bits per heavy atom. The number of rotatable bonds is 3. The highest BCUT2D eigenvalue weighted by Gasteiger charge is 2.43. The SMILES string of the molecule is CC(NC1CCC(N)CC1)C1(C)CC1. The summed E-state index contributed by atoms with van der Waals surface area (Å²) in [5, 5.41) is 3.79. The highest BCUT2D eigenvalue weighted by molar-refractivity contribution is 4.98. The molecule has 0 spiro atoms. The van der Waals surface area contributed by atoms with E-state index < -0.39 is 0 Å². The third-order valence-corrected chi connectivity index (χ3v) is 4.34. The molecule has 0 aromatic rings. The molecule has 0 aromatic heterocycles. The number of nitrogens with two attached hydrogens (primary N) is 1. The van der Waals surface area contributed by atoms with Crippen LogP contribution >= 0.6 is 0 Å². The van der Waals surface area contributed by atoms with Crippen molar-refractivity contribution < 1.29 is 0 Å². The quantitative estimate of drug-likeness (QED) is 0.725. The lowest BCUT2D eigenvalue weighted by atomic mass is 9.90. The molecule has 14 heavy (non-hydrogen) atoms. The van der Waals surface area contributed by atoms with Crippen LogP contribution in [-0.2, 0) is 0 Å². The molecule has 0 bridgehead atoms. The molecule has 0 radical (unpaired) electrons. The van der Waals surface area contributed by atoms with Gasteiger partial charge in [-0.15, -0.1) is 0 Å². The Balaban J connectivity index is 1.75. The summed E-state index contributed by atoms with van der Waals surface area (Å²) in [6.07, 6.45) is 7.80. The van der Waals surface area contributed by atoms with E-state index in [9.17, 15) is 0 Å². The highest BCUT2D eigenvalue weighted by atomic mass is 15.0. The average molecular weight is 196 g/mol. The molecule has 2 saturated carbocycles. The molecule has 0 aliphatic heterocycles. The van der Waals surface area contributed by atoms with E-state index >= 15 is 0 Å². The van der Waals surface area contributed by atoms with Crippen molar-refractivity contribution >= 4 is 0 Å². The van der Waals surface area contributed by atoms with E-state index in [1.807, 2.05) is 0 Å². The van der Waals surface area contributed by atoms with Crippen molar-refractivity contribution in [1.29, 1.82) is 0 Å². The Bertz CT molecular complexity index is 190. The first-order chi connectivity index (χ1) is 6.60. The van der Waals surface area contributed by atoms with Gasteiger partial charge >= 0.3 is 0 Å². The van der Waals surface area contributed by atoms with Crippen LogP contribution in [0.1, 0.15) is 52.4 Å². The van der Waals surface area contributed by atoms with Crippen LogP contribution in [-0.4, -0.2) is 18.1 Å². The van der Waals surface area contributed by atoms with Crippen molar-refractivity contribution in [2.24, 2.45) is 11.1 Å². The summed E-state index contributed by atoms with van der Waals surface area (Å²) in [5.41, 5.74) is 6.51. The topological polar surface area (TPSA) is 38.0 Å². The minimum atomic E-state index is 0.472. The minimum Gasteiger partial charge on any atom is -0.328 e. The summed E-state index contributed by atoms with van der Waals surface area (Å²) >= 11 is 0. The molecule has 2 aliphatic carbocycles. The third kappa shape index (κ3) is 2.29. The Morgan fingerprint density at radius 1 is 1.21 bits per heavy atom. The largest absolute Gasteiger partial charge is 0.328 e. The third-order valence-electron chi connectivity index (χ3n) is 4.34. The molecule has 82 valence electrons. The van der Waals surface area contributed by atoms with Gasteiger partial charge in [0.2, 0.25) is 0 Å². The van der Waals surface area contributed by atoms with Crippen molar-refractivity contribution in [2.75, 3.05) is 0 Å². The van der Waals surface area contributed by atoms with Crippen LogP contribution in [0.5, 0.6) is 0 Å². The maximum Gasteiger partial charge on any atom is 0.00951 e. The summed E-state index contributed by atoms with van der Waals surface area (Å²) in [7, 11) is 0. The fourth-order valence-electron chi connectivity index (χ4n) is 2.47. The van der Waals surface area contributed by atoms with Crippen LogP contribution < -0.4 is 11.1 Å². The molecule has 1 unspecified atom stereocenters. The first-order valence-electron chi connectivity index (χ1n) is 6.12. The first kappa shape index (κ1) is 10.4. The lowest BCUT2D eigenvalue weighted by molar-refractivity contribution is 0.277. The van der Waals surface area contributed by atoms with E-state index in [4.69, 9.17) is 5.73 Å². The van der Waals surface area contributed by atoms with Crippen molar-refractivity contribution in [3.63, 3.8) is 0 Å². The molecular weight excluding hydrogens is 172 g/mol. The van der Waals surface area contributed by atoms with Gasteiger partial charge in [0, 0.05) is 18.1 Å². The zero-order chi connectivity index (χ0) is 10.2. The Hall–Kier alpha value is -0.0800. The van der Waals surface area contributed by atoms with Gasteiger partial charge in [-0.1, -0.05) is 6.92 Å². The standard InChI is InChI=1S/C12H24N2/c1-9(12(2)7-8-12)14-11-5-3-10(13)4-6-11/h9-11,14H,3-8,13H2,1-2H3. The smallest absolute Gasteiger partial charge is 0.00951 e. The summed E-state index contributed by atoms with van der Waals surface area (Å²) in [5.74, 6) is 0. The van der Waals surface area contributed by atoms with E-state index in [0.29, 0.717) is 17.5 Å². The number of hydrogen-bond acceptors (Lipinski definition) is 2. The lowest BCUT2D eigenvalue weighted by Crippen LogP contribution is -2.44. The second kappa shape index (κ2) is 3.82. The monoisotopic (exact) mass is 196 g/mol. The molecule has 1 atom stereocenters.